The summed E-state index contributed by atoms with van der Waals surface area (Å²) >= 11 is 6.27. The fourth-order valence-electron chi connectivity index (χ4n) is 4.03. The second kappa shape index (κ2) is 7.97. The third-order valence-corrected chi connectivity index (χ3v) is 5.74. The van der Waals surface area contributed by atoms with Crippen LogP contribution in [-0.4, -0.2) is 53.3 Å². The highest BCUT2D eigenvalue weighted by molar-refractivity contribution is 6.30. The van der Waals surface area contributed by atoms with E-state index in [1.807, 2.05) is 18.2 Å². The van der Waals surface area contributed by atoms with Crippen LogP contribution in [0.25, 0.3) is 16.7 Å². The topological polar surface area (TPSA) is 49.2 Å². The van der Waals surface area contributed by atoms with E-state index in [1.165, 1.54) is 5.69 Å². The molecule has 3 aromatic rings. The van der Waals surface area contributed by atoms with E-state index in [-0.39, 0.29) is 0 Å². The number of fused-ring (bicyclic) bond motifs is 1. The lowest BCUT2D eigenvalue weighted by atomic mass is 10.2. The van der Waals surface area contributed by atoms with Crippen molar-refractivity contribution in [3.8, 4) is 5.69 Å². The van der Waals surface area contributed by atoms with Gasteiger partial charge in [0.25, 0.3) is 0 Å². The highest BCUT2D eigenvalue weighted by Crippen LogP contribution is 2.37. The van der Waals surface area contributed by atoms with Gasteiger partial charge in [0.15, 0.2) is 5.65 Å². The Morgan fingerprint density at radius 3 is 2.79 bits per heavy atom. The van der Waals surface area contributed by atoms with Gasteiger partial charge in [0.1, 0.15) is 12.1 Å². The molecule has 2 aromatic heterocycles. The molecule has 0 radical (unpaired) electrons. The molecular formula is C21H27ClN6. The Morgan fingerprint density at radius 1 is 1.25 bits per heavy atom. The van der Waals surface area contributed by atoms with E-state index in [4.69, 9.17) is 16.6 Å². The fraction of sp³-hybridized carbons (Fsp3) is 0.429. The molecular weight excluding hydrogens is 372 g/mol. The van der Waals surface area contributed by atoms with Gasteiger partial charge in [-0.3, -0.25) is 4.57 Å². The molecule has 3 heterocycles. The van der Waals surface area contributed by atoms with Gasteiger partial charge >= 0.3 is 0 Å². The molecule has 28 heavy (non-hydrogen) atoms. The maximum absolute atomic E-state index is 6.27. The zero-order chi connectivity index (χ0) is 19.7. The van der Waals surface area contributed by atoms with Crippen LogP contribution in [0.5, 0.6) is 0 Å². The number of hydrogen-bond acceptors (Lipinski definition) is 5. The number of aromatic nitrogens is 3. The average Bonchev–Trinajstić information content (AvgIpc) is 3.09. The molecule has 1 N–H and O–H groups in total. The third-order valence-electron chi connectivity index (χ3n) is 5.51. The number of anilines is 2. The van der Waals surface area contributed by atoms with Crippen molar-refractivity contribution < 1.29 is 0 Å². The predicted molar refractivity (Wildman–Crippen MR) is 117 cm³/mol. The van der Waals surface area contributed by atoms with Crippen LogP contribution in [0.4, 0.5) is 11.5 Å². The first kappa shape index (κ1) is 19.0. The molecule has 4 rings (SSSR count). The fourth-order valence-corrected chi connectivity index (χ4v) is 4.21. The first-order valence-electron chi connectivity index (χ1n) is 9.98. The summed E-state index contributed by atoms with van der Waals surface area (Å²) in [6, 6.07) is 8.28. The van der Waals surface area contributed by atoms with Gasteiger partial charge in [0, 0.05) is 55.7 Å². The summed E-state index contributed by atoms with van der Waals surface area (Å²) in [7, 11) is 0. The molecule has 1 aromatic carbocycles. The lowest BCUT2D eigenvalue weighted by molar-refractivity contribution is 0.498. The Hall–Kier alpha value is -2.31. The van der Waals surface area contributed by atoms with Crippen LogP contribution in [0.1, 0.15) is 20.8 Å². The number of rotatable bonds is 5. The summed E-state index contributed by atoms with van der Waals surface area (Å²) in [5, 5.41) is 5.29. The molecule has 0 spiro atoms. The Morgan fingerprint density at radius 2 is 2.07 bits per heavy atom. The van der Waals surface area contributed by atoms with Crippen LogP contribution in [0.15, 0.2) is 36.8 Å². The minimum absolute atomic E-state index is 0.380. The van der Waals surface area contributed by atoms with Crippen LogP contribution < -0.4 is 15.1 Å². The number of piperazine rings is 1. The molecule has 0 bridgehead atoms. The van der Waals surface area contributed by atoms with E-state index in [2.05, 4.69) is 57.7 Å². The molecule has 1 aliphatic heterocycles. The molecule has 0 amide bonds. The summed E-state index contributed by atoms with van der Waals surface area (Å²) in [5.74, 6) is 1.02. The summed E-state index contributed by atoms with van der Waals surface area (Å²) < 4.78 is 2.13. The Kier molecular flexibility index (Phi) is 5.42. The SMILES string of the molecule is CCN(CC)c1cn(-c2cccc(Cl)c2)c2ncnc(N3CCNCC3C)c12. The van der Waals surface area contributed by atoms with Gasteiger partial charge in [0.05, 0.1) is 11.1 Å². The smallest absolute Gasteiger partial charge is 0.152 e. The van der Waals surface area contributed by atoms with Gasteiger partial charge in [-0.15, -0.1) is 0 Å². The van der Waals surface area contributed by atoms with E-state index in [9.17, 15) is 0 Å². The Labute approximate surface area is 171 Å². The van der Waals surface area contributed by atoms with Crippen molar-refractivity contribution in [2.45, 2.75) is 26.8 Å². The van der Waals surface area contributed by atoms with Crippen LogP contribution >= 0.6 is 11.6 Å². The van der Waals surface area contributed by atoms with E-state index in [1.54, 1.807) is 6.33 Å². The van der Waals surface area contributed by atoms with Crippen LogP contribution in [-0.2, 0) is 0 Å². The van der Waals surface area contributed by atoms with Gasteiger partial charge in [-0.2, -0.15) is 0 Å². The van der Waals surface area contributed by atoms with Gasteiger partial charge in [-0.05, 0) is 39.0 Å². The first-order valence-corrected chi connectivity index (χ1v) is 10.4. The van der Waals surface area contributed by atoms with Crippen LogP contribution in [0.2, 0.25) is 5.02 Å². The largest absolute Gasteiger partial charge is 0.370 e. The minimum Gasteiger partial charge on any atom is -0.370 e. The van der Waals surface area contributed by atoms with E-state index >= 15 is 0 Å². The van der Waals surface area contributed by atoms with Crippen molar-refractivity contribution in [1.82, 2.24) is 19.9 Å². The molecule has 1 aliphatic rings. The molecule has 0 saturated carbocycles. The number of nitrogens with zero attached hydrogens (tertiary/aromatic N) is 5. The summed E-state index contributed by atoms with van der Waals surface area (Å²) in [6.45, 7) is 11.3. The van der Waals surface area contributed by atoms with Crippen molar-refractivity contribution in [1.29, 1.82) is 0 Å². The standard InChI is InChI=1S/C21H27ClN6/c1-4-26(5-2)18-13-28(17-8-6-7-16(22)11-17)21-19(18)20(24-14-25-21)27-10-9-23-12-15(27)3/h6-8,11,13-15,23H,4-5,9-10,12H2,1-3H3. The molecule has 1 atom stereocenters. The quantitative estimate of drug-likeness (QED) is 0.709. The van der Waals surface area contributed by atoms with E-state index < -0.39 is 0 Å². The van der Waals surface area contributed by atoms with Gasteiger partial charge in [-0.1, -0.05) is 17.7 Å². The van der Waals surface area contributed by atoms with E-state index in [0.29, 0.717) is 11.1 Å². The third kappa shape index (κ3) is 3.31. The average molecular weight is 399 g/mol. The molecule has 6 nitrogen and oxygen atoms in total. The normalized spacial score (nSPS) is 17.3. The summed E-state index contributed by atoms with van der Waals surface area (Å²) in [5.41, 5.74) is 3.09. The van der Waals surface area contributed by atoms with Crippen molar-refractivity contribution >= 4 is 34.1 Å². The summed E-state index contributed by atoms with van der Waals surface area (Å²) in [4.78, 5) is 14.2. The Balaban J connectivity index is 1.97. The molecule has 7 heteroatoms. The van der Waals surface area contributed by atoms with Gasteiger partial charge < -0.3 is 15.1 Å². The Bertz CT molecular complexity index is 965. The molecule has 1 fully saturated rings. The zero-order valence-corrected chi connectivity index (χ0v) is 17.4. The van der Waals surface area contributed by atoms with Crippen molar-refractivity contribution in [3.05, 3.63) is 41.8 Å². The number of hydrogen-bond donors (Lipinski definition) is 1. The van der Waals surface area contributed by atoms with Gasteiger partial charge in [0.2, 0.25) is 0 Å². The highest BCUT2D eigenvalue weighted by atomic mass is 35.5. The number of nitrogens with one attached hydrogen (secondary N) is 1. The monoisotopic (exact) mass is 398 g/mol. The molecule has 0 aliphatic carbocycles. The lowest BCUT2D eigenvalue weighted by Gasteiger charge is -2.35. The summed E-state index contributed by atoms with van der Waals surface area (Å²) in [6.07, 6.45) is 3.86. The molecule has 1 unspecified atom stereocenters. The molecule has 148 valence electrons. The van der Waals surface area contributed by atoms with Crippen molar-refractivity contribution in [3.63, 3.8) is 0 Å². The van der Waals surface area contributed by atoms with E-state index in [0.717, 1.165) is 55.3 Å². The number of benzene rings is 1. The van der Waals surface area contributed by atoms with Gasteiger partial charge in [-0.25, -0.2) is 9.97 Å². The second-order valence-corrected chi connectivity index (χ2v) is 7.62. The van der Waals surface area contributed by atoms with Crippen LogP contribution in [0, 0.1) is 0 Å². The molecule has 1 saturated heterocycles. The lowest BCUT2D eigenvalue weighted by Crippen LogP contribution is -2.50. The maximum atomic E-state index is 6.27. The minimum atomic E-state index is 0.380. The van der Waals surface area contributed by atoms with Crippen molar-refractivity contribution in [2.24, 2.45) is 0 Å². The maximum Gasteiger partial charge on any atom is 0.152 e. The van der Waals surface area contributed by atoms with Crippen molar-refractivity contribution in [2.75, 3.05) is 42.5 Å². The first-order chi connectivity index (χ1) is 13.6. The predicted octanol–water partition coefficient (Wildman–Crippen LogP) is 3.72. The zero-order valence-electron chi connectivity index (χ0n) is 16.7. The van der Waals surface area contributed by atoms with Crippen LogP contribution in [0.3, 0.4) is 0 Å². The second-order valence-electron chi connectivity index (χ2n) is 7.18. The number of halogens is 1. The highest BCUT2D eigenvalue weighted by Gasteiger charge is 2.26.